The van der Waals surface area contributed by atoms with E-state index in [0.29, 0.717) is 12.2 Å². The molecule has 1 aromatic carbocycles. The lowest BCUT2D eigenvalue weighted by Crippen LogP contribution is -2.19. The summed E-state index contributed by atoms with van der Waals surface area (Å²) in [5.41, 5.74) is 2.75. The van der Waals surface area contributed by atoms with Crippen LogP contribution in [0, 0.1) is 0 Å². The highest BCUT2D eigenvalue weighted by molar-refractivity contribution is 7.08. The first kappa shape index (κ1) is 16.3. The predicted molar refractivity (Wildman–Crippen MR) is 102 cm³/mol. The van der Waals surface area contributed by atoms with Crippen molar-refractivity contribution in [1.29, 1.82) is 0 Å². The van der Waals surface area contributed by atoms with Gasteiger partial charge in [-0.15, -0.1) is 0 Å². The molecule has 0 fully saturated rings. The highest BCUT2D eigenvalue weighted by Crippen LogP contribution is 2.25. The fourth-order valence-corrected chi connectivity index (χ4v) is 3.60. The number of carbonyl (C=O) groups excluding carboxylic acids is 1. The number of rotatable bonds is 6. The Labute approximate surface area is 154 Å². The molecule has 4 rings (SSSR count). The molecule has 0 aliphatic carbocycles. The number of thiophene rings is 1. The van der Waals surface area contributed by atoms with Gasteiger partial charge in [0, 0.05) is 23.6 Å². The molecule has 0 saturated heterocycles. The SMILES string of the molecule is O=C(C[C@H](c1ccsc1)n1cccc1)Nc1cccc(-c2ncn[nH]2)c1. The van der Waals surface area contributed by atoms with Crippen molar-refractivity contribution in [2.24, 2.45) is 0 Å². The summed E-state index contributed by atoms with van der Waals surface area (Å²) in [5, 5.41) is 13.8. The maximum absolute atomic E-state index is 12.7. The third-order valence-corrected chi connectivity index (χ3v) is 4.83. The van der Waals surface area contributed by atoms with Gasteiger partial charge < -0.3 is 9.88 Å². The lowest BCUT2D eigenvalue weighted by molar-refractivity contribution is -0.116. The highest BCUT2D eigenvalue weighted by Gasteiger charge is 2.18. The van der Waals surface area contributed by atoms with Crippen molar-refractivity contribution < 1.29 is 4.79 Å². The molecule has 130 valence electrons. The third-order valence-electron chi connectivity index (χ3n) is 4.13. The van der Waals surface area contributed by atoms with Crippen molar-refractivity contribution in [3.63, 3.8) is 0 Å². The van der Waals surface area contributed by atoms with Crippen LogP contribution in [-0.2, 0) is 4.79 Å². The maximum Gasteiger partial charge on any atom is 0.226 e. The zero-order chi connectivity index (χ0) is 17.8. The fraction of sp³-hybridized carbons (Fsp3) is 0.105. The second-order valence-corrected chi connectivity index (χ2v) is 6.65. The lowest BCUT2D eigenvalue weighted by Gasteiger charge is -2.18. The Kier molecular flexibility index (Phi) is 4.61. The van der Waals surface area contributed by atoms with Crippen molar-refractivity contribution in [2.75, 3.05) is 5.32 Å². The molecule has 2 N–H and O–H groups in total. The Hall–Kier alpha value is -3.19. The molecule has 6 nitrogen and oxygen atoms in total. The minimum absolute atomic E-state index is 0.0197. The van der Waals surface area contributed by atoms with Crippen molar-refractivity contribution in [3.05, 3.63) is 77.5 Å². The lowest BCUT2D eigenvalue weighted by atomic mass is 10.1. The van der Waals surface area contributed by atoms with Gasteiger partial charge >= 0.3 is 0 Å². The number of carbonyl (C=O) groups is 1. The van der Waals surface area contributed by atoms with Gasteiger partial charge in [-0.05, 0) is 46.7 Å². The van der Waals surface area contributed by atoms with E-state index in [-0.39, 0.29) is 11.9 Å². The summed E-state index contributed by atoms with van der Waals surface area (Å²) in [6, 6.07) is 13.5. The minimum Gasteiger partial charge on any atom is -0.346 e. The Balaban J connectivity index is 1.50. The Morgan fingerprint density at radius 1 is 1.23 bits per heavy atom. The van der Waals surface area contributed by atoms with Crippen LogP contribution in [0.2, 0.25) is 0 Å². The van der Waals surface area contributed by atoms with Crippen molar-refractivity contribution in [2.45, 2.75) is 12.5 Å². The predicted octanol–water partition coefficient (Wildman–Crippen LogP) is 3.95. The summed E-state index contributed by atoms with van der Waals surface area (Å²) in [7, 11) is 0. The number of H-pyrrole nitrogens is 1. The molecule has 3 aromatic heterocycles. The molecule has 0 unspecified atom stereocenters. The summed E-state index contributed by atoms with van der Waals surface area (Å²) in [5.74, 6) is 0.634. The van der Waals surface area contributed by atoms with Crippen molar-refractivity contribution in [1.82, 2.24) is 19.7 Å². The molecule has 0 aliphatic rings. The van der Waals surface area contributed by atoms with Gasteiger partial charge in [0.05, 0.1) is 12.5 Å². The molecule has 1 atom stereocenters. The number of aromatic amines is 1. The molecule has 0 aliphatic heterocycles. The van der Waals surface area contributed by atoms with Gasteiger partial charge in [0.2, 0.25) is 5.91 Å². The second kappa shape index (κ2) is 7.37. The maximum atomic E-state index is 12.7. The van der Waals surface area contributed by atoms with Gasteiger partial charge in [0.1, 0.15) is 6.33 Å². The first-order chi connectivity index (χ1) is 12.8. The van der Waals surface area contributed by atoms with Gasteiger partial charge in [-0.2, -0.15) is 16.4 Å². The van der Waals surface area contributed by atoms with Gasteiger partial charge in [-0.1, -0.05) is 12.1 Å². The van der Waals surface area contributed by atoms with Crippen molar-refractivity contribution >= 4 is 22.9 Å². The topological polar surface area (TPSA) is 75.6 Å². The van der Waals surface area contributed by atoms with Crippen molar-refractivity contribution in [3.8, 4) is 11.4 Å². The summed E-state index contributed by atoms with van der Waals surface area (Å²) in [4.78, 5) is 16.8. The Morgan fingerprint density at radius 3 is 2.85 bits per heavy atom. The largest absolute Gasteiger partial charge is 0.346 e. The van der Waals surface area contributed by atoms with Gasteiger partial charge in [0.25, 0.3) is 0 Å². The molecule has 0 saturated carbocycles. The van der Waals surface area contributed by atoms with Crippen LogP contribution in [0.3, 0.4) is 0 Å². The molecule has 0 radical (unpaired) electrons. The zero-order valence-electron chi connectivity index (χ0n) is 13.9. The third kappa shape index (κ3) is 3.57. The van der Waals surface area contributed by atoms with Gasteiger partial charge in [-0.3, -0.25) is 9.89 Å². The zero-order valence-corrected chi connectivity index (χ0v) is 14.7. The van der Waals surface area contributed by atoms with Crippen LogP contribution in [0.4, 0.5) is 5.69 Å². The number of benzene rings is 1. The van der Waals surface area contributed by atoms with Crippen LogP contribution in [0.25, 0.3) is 11.4 Å². The van der Waals surface area contributed by atoms with Crippen LogP contribution < -0.4 is 5.32 Å². The fourth-order valence-electron chi connectivity index (χ4n) is 2.89. The Morgan fingerprint density at radius 2 is 2.12 bits per heavy atom. The number of amides is 1. The van der Waals surface area contributed by atoms with E-state index in [2.05, 4.69) is 36.5 Å². The smallest absolute Gasteiger partial charge is 0.226 e. The monoisotopic (exact) mass is 363 g/mol. The average molecular weight is 363 g/mol. The summed E-state index contributed by atoms with van der Waals surface area (Å²) >= 11 is 1.64. The molecular formula is C19H17N5OS. The summed E-state index contributed by atoms with van der Waals surface area (Å²) in [6.07, 6.45) is 5.79. The van der Waals surface area contributed by atoms with Crippen LogP contribution >= 0.6 is 11.3 Å². The molecule has 0 bridgehead atoms. The van der Waals surface area contributed by atoms with Crippen LogP contribution in [-0.4, -0.2) is 25.7 Å². The van der Waals surface area contributed by atoms with Gasteiger partial charge in [-0.25, -0.2) is 4.98 Å². The van der Waals surface area contributed by atoms with E-state index >= 15 is 0 Å². The molecule has 3 heterocycles. The van der Waals surface area contributed by atoms with Crippen LogP contribution in [0.5, 0.6) is 0 Å². The number of hydrogen-bond acceptors (Lipinski definition) is 4. The highest BCUT2D eigenvalue weighted by atomic mass is 32.1. The molecule has 7 heteroatoms. The van der Waals surface area contributed by atoms with E-state index in [1.807, 2.05) is 54.2 Å². The van der Waals surface area contributed by atoms with Gasteiger partial charge in [0.15, 0.2) is 5.82 Å². The molecular weight excluding hydrogens is 346 g/mol. The number of hydrogen-bond donors (Lipinski definition) is 2. The first-order valence-electron chi connectivity index (χ1n) is 8.20. The summed E-state index contributed by atoms with van der Waals surface area (Å²) in [6.45, 7) is 0. The molecule has 1 amide bonds. The average Bonchev–Trinajstić information content (AvgIpc) is 3.44. The van der Waals surface area contributed by atoms with E-state index in [0.717, 1.165) is 16.8 Å². The van der Waals surface area contributed by atoms with E-state index in [9.17, 15) is 4.79 Å². The number of aromatic nitrogens is 4. The molecule has 4 aromatic rings. The molecule has 26 heavy (non-hydrogen) atoms. The summed E-state index contributed by atoms with van der Waals surface area (Å²) < 4.78 is 2.06. The number of nitrogens with one attached hydrogen (secondary N) is 2. The van der Waals surface area contributed by atoms with E-state index < -0.39 is 0 Å². The minimum atomic E-state index is -0.0374. The van der Waals surface area contributed by atoms with E-state index in [1.54, 1.807) is 11.3 Å². The number of anilines is 1. The van der Waals surface area contributed by atoms with Crippen LogP contribution in [0.15, 0.2) is 71.9 Å². The van der Waals surface area contributed by atoms with Crippen LogP contribution in [0.1, 0.15) is 18.0 Å². The Bertz CT molecular complexity index is 927. The number of nitrogens with zero attached hydrogens (tertiary/aromatic N) is 3. The molecule has 0 spiro atoms. The van der Waals surface area contributed by atoms with E-state index in [1.165, 1.54) is 6.33 Å². The first-order valence-corrected chi connectivity index (χ1v) is 9.14. The standard InChI is InChI=1S/C19H17N5OS/c25-18(11-17(15-6-9-26-12-15)24-7-1-2-8-24)22-16-5-3-4-14(10-16)19-20-13-21-23-19/h1-10,12-13,17H,11H2,(H,22,25)(H,20,21,23)/t17-/m1/s1. The van der Waals surface area contributed by atoms with E-state index in [4.69, 9.17) is 0 Å². The normalized spacial score (nSPS) is 12.0. The quantitative estimate of drug-likeness (QED) is 0.544. The second-order valence-electron chi connectivity index (χ2n) is 5.87.